The van der Waals surface area contributed by atoms with Crippen LogP contribution in [0.2, 0.25) is 0 Å². The predicted octanol–water partition coefficient (Wildman–Crippen LogP) is 2.05. The largest absolute Gasteiger partial charge is 0.495 e. The van der Waals surface area contributed by atoms with Gasteiger partial charge in [-0.25, -0.2) is 0 Å². The molecule has 1 aliphatic heterocycles. The molecule has 1 aromatic rings. The minimum Gasteiger partial charge on any atom is -0.495 e. The zero-order valence-corrected chi connectivity index (χ0v) is 13.2. The van der Waals surface area contributed by atoms with Crippen LogP contribution in [-0.2, 0) is 9.53 Å². The lowest BCUT2D eigenvalue weighted by molar-refractivity contribution is -0.121. The van der Waals surface area contributed by atoms with Gasteiger partial charge in [0.2, 0.25) is 5.91 Å². The van der Waals surface area contributed by atoms with Crippen LogP contribution in [0.4, 0.5) is 5.69 Å². The molecule has 1 amide bonds. The number of rotatable bonds is 4. The Labute approximate surface area is 126 Å². The van der Waals surface area contributed by atoms with Crippen LogP contribution in [0.1, 0.15) is 19.4 Å². The Kier molecular flexibility index (Phi) is 5.20. The van der Waals surface area contributed by atoms with Gasteiger partial charge in [-0.3, -0.25) is 9.69 Å². The number of hydrogen-bond donors (Lipinski definition) is 1. The fourth-order valence-corrected chi connectivity index (χ4v) is 2.73. The molecule has 2 rings (SSSR count). The van der Waals surface area contributed by atoms with Gasteiger partial charge in [-0.15, -0.1) is 0 Å². The van der Waals surface area contributed by atoms with E-state index in [9.17, 15) is 4.79 Å². The van der Waals surface area contributed by atoms with E-state index in [-0.39, 0.29) is 18.1 Å². The fraction of sp³-hybridized carbons (Fsp3) is 0.562. The number of carbonyl (C=O) groups is 1. The summed E-state index contributed by atoms with van der Waals surface area (Å²) >= 11 is 0. The third kappa shape index (κ3) is 4.44. The van der Waals surface area contributed by atoms with Gasteiger partial charge in [-0.1, -0.05) is 6.07 Å². The number of methoxy groups -OCH3 is 1. The quantitative estimate of drug-likeness (QED) is 0.923. The molecular formula is C16H24N2O3. The molecule has 116 valence electrons. The zero-order chi connectivity index (χ0) is 15.4. The summed E-state index contributed by atoms with van der Waals surface area (Å²) in [6.45, 7) is 7.98. The van der Waals surface area contributed by atoms with Crippen molar-refractivity contribution in [3.8, 4) is 5.75 Å². The van der Waals surface area contributed by atoms with Crippen LogP contribution in [-0.4, -0.2) is 49.8 Å². The number of aryl methyl sites for hydroxylation is 1. The molecule has 1 aromatic carbocycles. The van der Waals surface area contributed by atoms with Crippen LogP contribution in [0, 0.1) is 6.92 Å². The number of morpholine rings is 1. The normalized spacial score (nSPS) is 22.9. The fourth-order valence-electron chi connectivity index (χ4n) is 2.73. The highest BCUT2D eigenvalue weighted by Gasteiger charge is 2.23. The highest BCUT2D eigenvalue weighted by molar-refractivity contribution is 5.93. The van der Waals surface area contributed by atoms with Gasteiger partial charge in [0.1, 0.15) is 5.75 Å². The first kappa shape index (κ1) is 15.8. The molecule has 1 N–H and O–H groups in total. The monoisotopic (exact) mass is 292 g/mol. The second-order valence-electron chi connectivity index (χ2n) is 5.70. The van der Waals surface area contributed by atoms with Gasteiger partial charge in [0.15, 0.2) is 0 Å². The van der Waals surface area contributed by atoms with Crippen LogP contribution < -0.4 is 10.1 Å². The molecule has 0 saturated carbocycles. The van der Waals surface area contributed by atoms with E-state index in [1.54, 1.807) is 7.11 Å². The Bertz CT molecular complexity index is 494. The van der Waals surface area contributed by atoms with Gasteiger partial charge in [0.25, 0.3) is 0 Å². The maximum Gasteiger partial charge on any atom is 0.238 e. The van der Waals surface area contributed by atoms with Crippen molar-refractivity contribution in [2.75, 3.05) is 32.1 Å². The van der Waals surface area contributed by atoms with Gasteiger partial charge in [0.05, 0.1) is 31.5 Å². The van der Waals surface area contributed by atoms with Crippen LogP contribution in [0.3, 0.4) is 0 Å². The number of nitrogens with zero attached hydrogens (tertiary/aromatic N) is 1. The standard InChI is InChI=1S/C16H24N2O3/c1-11-5-6-15(20-4)14(7-11)17-16(19)10-18-8-12(2)21-13(3)9-18/h5-7,12-13H,8-10H2,1-4H3,(H,17,19)/t12-,13-/m0/s1. The molecule has 1 fully saturated rings. The summed E-state index contributed by atoms with van der Waals surface area (Å²) in [4.78, 5) is 14.3. The van der Waals surface area contributed by atoms with E-state index in [1.807, 2.05) is 39.0 Å². The van der Waals surface area contributed by atoms with E-state index >= 15 is 0 Å². The van der Waals surface area contributed by atoms with Gasteiger partial charge < -0.3 is 14.8 Å². The van der Waals surface area contributed by atoms with Crippen LogP contribution >= 0.6 is 0 Å². The highest BCUT2D eigenvalue weighted by atomic mass is 16.5. The Morgan fingerprint density at radius 2 is 2.05 bits per heavy atom. The van der Waals surface area contributed by atoms with Crippen molar-refractivity contribution < 1.29 is 14.3 Å². The summed E-state index contributed by atoms with van der Waals surface area (Å²) in [5, 5.41) is 2.93. The van der Waals surface area contributed by atoms with E-state index in [0.29, 0.717) is 12.3 Å². The molecule has 0 radical (unpaired) electrons. The molecule has 5 nitrogen and oxygen atoms in total. The molecule has 5 heteroatoms. The van der Waals surface area contributed by atoms with Crippen molar-refractivity contribution >= 4 is 11.6 Å². The number of carbonyl (C=O) groups excluding carboxylic acids is 1. The van der Waals surface area contributed by atoms with E-state index < -0.39 is 0 Å². The van der Waals surface area contributed by atoms with Gasteiger partial charge >= 0.3 is 0 Å². The van der Waals surface area contributed by atoms with Gasteiger partial charge in [0, 0.05) is 13.1 Å². The van der Waals surface area contributed by atoms with Crippen molar-refractivity contribution in [1.29, 1.82) is 0 Å². The number of hydrogen-bond acceptors (Lipinski definition) is 4. The molecule has 0 aliphatic carbocycles. The summed E-state index contributed by atoms with van der Waals surface area (Å²) < 4.78 is 11.0. The van der Waals surface area contributed by atoms with Crippen molar-refractivity contribution in [2.45, 2.75) is 33.0 Å². The molecule has 21 heavy (non-hydrogen) atoms. The zero-order valence-electron chi connectivity index (χ0n) is 13.2. The molecule has 0 spiro atoms. The average molecular weight is 292 g/mol. The Morgan fingerprint density at radius 1 is 1.38 bits per heavy atom. The first-order chi connectivity index (χ1) is 9.97. The SMILES string of the molecule is COc1ccc(C)cc1NC(=O)CN1C[C@H](C)O[C@@H](C)C1. The van der Waals surface area contributed by atoms with Crippen molar-refractivity contribution in [2.24, 2.45) is 0 Å². The lowest BCUT2D eigenvalue weighted by Gasteiger charge is -2.34. The summed E-state index contributed by atoms with van der Waals surface area (Å²) in [5.74, 6) is 0.651. The smallest absolute Gasteiger partial charge is 0.238 e. The second-order valence-corrected chi connectivity index (χ2v) is 5.70. The second kappa shape index (κ2) is 6.91. The third-order valence-corrected chi connectivity index (χ3v) is 3.49. The highest BCUT2D eigenvalue weighted by Crippen LogP contribution is 2.25. The van der Waals surface area contributed by atoms with Gasteiger partial charge in [-0.2, -0.15) is 0 Å². The molecule has 0 unspecified atom stereocenters. The summed E-state index contributed by atoms with van der Waals surface area (Å²) in [5.41, 5.74) is 1.80. The van der Waals surface area contributed by atoms with E-state index in [0.717, 1.165) is 24.3 Å². The number of nitrogens with one attached hydrogen (secondary N) is 1. The van der Waals surface area contributed by atoms with Crippen LogP contribution in [0.5, 0.6) is 5.75 Å². The first-order valence-electron chi connectivity index (χ1n) is 7.30. The number of ether oxygens (including phenoxy) is 2. The molecule has 1 saturated heterocycles. The lowest BCUT2D eigenvalue weighted by atomic mass is 10.2. The Hall–Kier alpha value is -1.59. The summed E-state index contributed by atoms with van der Waals surface area (Å²) in [6.07, 6.45) is 0.324. The summed E-state index contributed by atoms with van der Waals surface area (Å²) in [6, 6.07) is 5.74. The number of benzene rings is 1. The molecule has 1 heterocycles. The third-order valence-electron chi connectivity index (χ3n) is 3.49. The Balaban J connectivity index is 1.97. The number of amides is 1. The van der Waals surface area contributed by atoms with Crippen molar-refractivity contribution in [3.63, 3.8) is 0 Å². The minimum atomic E-state index is -0.0276. The minimum absolute atomic E-state index is 0.0276. The lowest BCUT2D eigenvalue weighted by Crippen LogP contribution is -2.48. The Morgan fingerprint density at radius 3 is 2.67 bits per heavy atom. The van der Waals surface area contributed by atoms with Crippen LogP contribution in [0.25, 0.3) is 0 Å². The first-order valence-corrected chi connectivity index (χ1v) is 7.30. The van der Waals surface area contributed by atoms with Crippen LogP contribution in [0.15, 0.2) is 18.2 Å². The van der Waals surface area contributed by atoms with Crippen molar-refractivity contribution in [1.82, 2.24) is 4.90 Å². The van der Waals surface area contributed by atoms with Gasteiger partial charge in [-0.05, 0) is 38.5 Å². The van der Waals surface area contributed by atoms with E-state index in [2.05, 4.69) is 10.2 Å². The maximum atomic E-state index is 12.2. The molecular weight excluding hydrogens is 268 g/mol. The molecule has 0 bridgehead atoms. The molecule has 1 aliphatic rings. The predicted molar refractivity (Wildman–Crippen MR) is 82.8 cm³/mol. The average Bonchev–Trinajstić information content (AvgIpc) is 2.37. The summed E-state index contributed by atoms with van der Waals surface area (Å²) in [7, 11) is 1.60. The molecule has 0 aromatic heterocycles. The van der Waals surface area contributed by atoms with E-state index in [1.165, 1.54) is 0 Å². The number of anilines is 1. The maximum absolute atomic E-state index is 12.2. The van der Waals surface area contributed by atoms with E-state index in [4.69, 9.17) is 9.47 Å². The topological polar surface area (TPSA) is 50.8 Å². The van der Waals surface area contributed by atoms with Crippen molar-refractivity contribution in [3.05, 3.63) is 23.8 Å². The molecule has 2 atom stereocenters.